The molecule has 0 bridgehead atoms. The van der Waals surface area contributed by atoms with Gasteiger partial charge in [-0.3, -0.25) is 0 Å². The summed E-state index contributed by atoms with van der Waals surface area (Å²) in [5.74, 6) is 0.343. The van der Waals surface area contributed by atoms with Crippen LogP contribution in [-0.4, -0.2) is 26.3 Å². The van der Waals surface area contributed by atoms with Crippen LogP contribution >= 0.6 is 0 Å². The van der Waals surface area contributed by atoms with E-state index in [2.05, 4.69) is 0 Å². The molecule has 1 aliphatic heterocycles. The Morgan fingerprint density at radius 2 is 2.19 bits per heavy atom. The van der Waals surface area contributed by atoms with Crippen molar-refractivity contribution in [2.75, 3.05) is 31.2 Å². The topological polar surface area (TPSA) is 36.3 Å². The molecule has 1 aliphatic rings. The van der Waals surface area contributed by atoms with Crippen molar-refractivity contribution in [3.05, 3.63) is 29.3 Å². The number of nitrogens with zero attached hydrogens (tertiary/aromatic N) is 2. The quantitative estimate of drug-likeness (QED) is 0.854. The standard InChI is InChI=1S/C15H17F3N2O/c1-2-21-10-11-5-6-20(9-11)13-4-3-12(8-19)14(7-13)15(16,17)18/h3-4,7,11H,2,5-6,9-10H2,1H3/t11-/m0/s1. The van der Waals surface area contributed by atoms with Gasteiger partial charge in [0.15, 0.2) is 0 Å². The van der Waals surface area contributed by atoms with Crippen LogP contribution in [0.25, 0.3) is 0 Å². The third-order valence-corrected chi connectivity index (χ3v) is 3.64. The highest BCUT2D eigenvalue weighted by Crippen LogP contribution is 2.35. The van der Waals surface area contributed by atoms with Crippen LogP contribution in [0, 0.1) is 17.2 Å². The number of hydrogen-bond donors (Lipinski definition) is 0. The Hall–Kier alpha value is -1.74. The number of benzene rings is 1. The van der Waals surface area contributed by atoms with Crippen LogP contribution in [0.2, 0.25) is 0 Å². The second-order valence-electron chi connectivity index (χ2n) is 5.10. The number of anilines is 1. The van der Waals surface area contributed by atoms with Gasteiger partial charge < -0.3 is 9.64 Å². The molecule has 2 rings (SSSR count). The summed E-state index contributed by atoms with van der Waals surface area (Å²) in [5, 5.41) is 8.80. The van der Waals surface area contributed by atoms with Crippen molar-refractivity contribution in [2.24, 2.45) is 5.92 Å². The second-order valence-corrected chi connectivity index (χ2v) is 5.10. The summed E-state index contributed by atoms with van der Waals surface area (Å²) in [5.41, 5.74) is -0.688. The molecule has 1 saturated heterocycles. The molecular weight excluding hydrogens is 281 g/mol. The average molecular weight is 298 g/mol. The van der Waals surface area contributed by atoms with Gasteiger partial charge in [-0.05, 0) is 31.5 Å². The van der Waals surface area contributed by atoms with E-state index in [1.165, 1.54) is 6.07 Å². The summed E-state index contributed by atoms with van der Waals surface area (Å²) in [4.78, 5) is 1.92. The second kappa shape index (κ2) is 6.35. The van der Waals surface area contributed by atoms with Crippen molar-refractivity contribution in [3.63, 3.8) is 0 Å². The zero-order valence-corrected chi connectivity index (χ0v) is 11.8. The van der Waals surface area contributed by atoms with Gasteiger partial charge in [0, 0.05) is 31.3 Å². The van der Waals surface area contributed by atoms with Gasteiger partial charge in [0.2, 0.25) is 0 Å². The van der Waals surface area contributed by atoms with E-state index >= 15 is 0 Å². The molecule has 0 unspecified atom stereocenters. The lowest BCUT2D eigenvalue weighted by atomic mass is 10.1. The molecule has 3 nitrogen and oxygen atoms in total. The van der Waals surface area contributed by atoms with Crippen molar-refractivity contribution in [1.29, 1.82) is 5.26 Å². The number of alkyl halides is 3. The zero-order valence-electron chi connectivity index (χ0n) is 11.8. The summed E-state index contributed by atoms with van der Waals surface area (Å²) in [7, 11) is 0. The minimum absolute atomic E-state index is 0.337. The van der Waals surface area contributed by atoms with Gasteiger partial charge in [-0.2, -0.15) is 18.4 Å². The van der Waals surface area contributed by atoms with E-state index in [0.29, 0.717) is 37.9 Å². The van der Waals surface area contributed by atoms with Crippen molar-refractivity contribution in [3.8, 4) is 6.07 Å². The van der Waals surface area contributed by atoms with Crippen LogP contribution in [0.5, 0.6) is 0 Å². The lowest BCUT2D eigenvalue weighted by molar-refractivity contribution is -0.137. The Balaban J connectivity index is 2.17. The zero-order chi connectivity index (χ0) is 15.5. The van der Waals surface area contributed by atoms with Gasteiger partial charge >= 0.3 is 6.18 Å². The van der Waals surface area contributed by atoms with Gasteiger partial charge in [0.1, 0.15) is 0 Å². The molecule has 0 aliphatic carbocycles. The molecule has 0 spiro atoms. The largest absolute Gasteiger partial charge is 0.417 e. The molecular formula is C15H17F3N2O. The molecule has 1 atom stereocenters. The van der Waals surface area contributed by atoms with E-state index in [1.54, 1.807) is 12.1 Å². The van der Waals surface area contributed by atoms with Crippen LogP contribution in [-0.2, 0) is 10.9 Å². The van der Waals surface area contributed by atoms with E-state index < -0.39 is 11.7 Å². The Kier molecular flexibility index (Phi) is 4.73. The first-order valence-electron chi connectivity index (χ1n) is 6.89. The number of halogens is 3. The summed E-state index contributed by atoms with van der Waals surface area (Å²) >= 11 is 0. The predicted octanol–water partition coefficient (Wildman–Crippen LogP) is 3.44. The van der Waals surface area contributed by atoms with Crippen LogP contribution in [0.4, 0.5) is 18.9 Å². The number of rotatable bonds is 4. The van der Waals surface area contributed by atoms with Gasteiger partial charge in [-0.15, -0.1) is 0 Å². The molecule has 114 valence electrons. The Morgan fingerprint density at radius 1 is 1.43 bits per heavy atom. The average Bonchev–Trinajstić information content (AvgIpc) is 2.92. The van der Waals surface area contributed by atoms with E-state index in [0.717, 1.165) is 12.5 Å². The maximum absolute atomic E-state index is 13.0. The lowest BCUT2D eigenvalue weighted by Gasteiger charge is -2.20. The van der Waals surface area contributed by atoms with Crippen molar-refractivity contribution < 1.29 is 17.9 Å². The smallest absolute Gasteiger partial charge is 0.381 e. The lowest BCUT2D eigenvalue weighted by Crippen LogP contribution is -2.22. The third-order valence-electron chi connectivity index (χ3n) is 3.64. The number of hydrogen-bond acceptors (Lipinski definition) is 3. The minimum atomic E-state index is -4.51. The summed E-state index contributed by atoms with van der Waals surface area (Å²) in [6.45, 7) is 4.59. The highest BCUT2D eigenvalue weighted by molar-refractivity contribution is 5.55. The van der Waals surface area contributed by atoms with Crippen LogP contribution in [0.15, 0.2) is 18.2 Å². The normalized spacial score (nSPS) is 18.8. The minimum Gasteiger partial charge on any atom is -0.381 e. The number of nitriles is 1. The molecule has 21 heavy (non-hydrogen) atoms. The van der Waals surface area contributed by atoms with E-state index in [9.17, 15) is 13.2 Å². The first kappa shape index (κ1) is 15.6. The highest BCUT2D eigenvalue weighted by atomic mass is 19.4. The van der Waals surface area contributed by atoms with Gasteiger partial charge in [-0.25, -0.2) is 0 Å². The fourth-order valence-corrected chi connectivity index (χ4v) is 2.55. The summed E-state index contributed by atoms with van der Waals surface area (Å²) in [6, 6.07) is 5.49. The fraction of sp³-hybridized carbons (Fsp3) is 0.533. The fourth-order valence-electron chi connectivity index (χ4n) is 2.55. The van der Waals surface area contributed by atoms with Gasteiger partial charge in [0.05, 0.1) is 23.8 Å². The summed E-state index contributed by atoms with van der Waals surface area (Å²) < 4.78 is 44.2. The van der Waals surface area contributed by atoms with Crippen LogP contribution in [0.3, 0.4) is 0 Å². The molecule has 1 heterocycles. The molecule has 1 aromatic rings. The maximum Gasteiger partial charge on any atom is 0.417 e. The molecule has 0 radical (unpaired) electrons. The molecule has 1 aromatic carbocycles. The SMILES string of the molecule is CCOC[C@H]1CCN(c2ccc(C#N)c(C(F)(F)F)c2)C1. The van der Waals surface area contributed by atoms with Gasteiger partial charge in [-0.1, -0.05) is 0 Å². The monoisotopic (exact) mass is 298 g/mol. The Labute approximate surface area is 121 Å². The first-order chi connectivity index (χ1) is 9.95. The molecule has 1 fully saturated rings. The summed E-state index contributed by atoms with van der Waals surface area (Å²) in [6.07, 6.45) is -3.60. The Bertz CT molecular complexity index is 537. The van der Waals surface area contributed by atoms with Crippen molar-refractivity contribution in [2.45, 2.75) is 19.5 Å². The van der Waals surface area contributed by atoms with Crippen molar-refractivity contribution >= 4 is 5.69 Å². The van der Waals surface area contributed by atoms with Crippen LogP contribution < -0.4 is 4.90 Å². The molecule has 6 heteroatoms. The van der Waals surface area contributed by atoms with E-state index in [1.807, 2.05) is 11.8 Å². The number of ether oxygens (including phenoxy) is 1. The highest BCUT2D eigenvalue weighted by Gasteiger charge is 2.34. The van der Waals surface area contributed by atoms with Crippen LogP contribution in [0.1, 0.15) is 24.5 Å². The van der Waals surface area contributed by atoms with Gasteiger partial charge in [0.25, 0.3) is 0 Å². The Morgan fingerprint density at radius 3 is 2.81 bits per heavy atom. The third kappa shape index (κ3) is 3.67. The van der Waals surface area contributed by atoms with Crippen molar-refractivity contribution in [1.82, 2.24) is 0 Å². The van der Waals surface area contributed by atoms with E-state index in [4.69, 9.17) is 10.00 Å². The molecule has 0 N–H and O–H groups in total. The molecule has 0 amide bonds. The first-order valence-corrected chi connectivity index (χ1v) is 6.89. The van der Waals surface area contributed by atoms with E-state index in [-0.39, 0.29) is 5.56 Å². The molecule has 0 saturated carbocycles. The maximum atomic E-state index is 13.0. The predicted molar refractivity (Wildman–Crippen MR) is 73.0 cm³/mol. The molecule has 0 aromatic heterocycles.